The van der Waals surface area contributed by atoms with Crippen molar-refractivity contribution < 1.29 is 14.7 Å². The molecule has 0 spiro atoms. The highest BCUT2D eigenvalue weighted by Gasteiger charge is 2.01. The summed E-state index contributed by atoms with van der Waals surface area (Å²) >= 11 is 0. The van der Waals surface area contributed by atoms with E-state index < -0.39 is 6.03 Å². The molecule has 4 N–H and O–H groups in total. The van der Waals surface area contributed by atoms with Crippen molar-refractivity contribution in [1.82, 2.24) is 9.78 Å². The number of nitrogens with two attached hydrogens (primary N) is 1. The van der Waals surface area contributed by atoms with Crippen molar-refractivity contribution in [2.24, 2.45) is 12.8 Å². The quantitative estimate of drug-likeness (QED) is 0.708. The summed E-state index contributed by atoms with van der Waals surface area (Å²) < 4.78 is 1.74. The second-order valence-corrected chi connectivity index (χ2v) is 3.57. The van der Waals surface area contributed by atoms with Crippen LogP contribution in [0.3, 0.4) is 0 Å². The van der Waals surface area contributed by atoms with E-state index in [-0.39, 0.29) is 6.47 Å². The van der Waals surface area contributed by atoms with E-state index in [1.54, 1.807) is 23.0 Å². The maximum absolute atomic E-state index is 10.6. The Morgan fingerprint density at radius 3 is 2.37 bits per heavy atom. The highest BCUT2D eigenvalue weighted by Crippen LogP contribution is 2.20. The fourth-order valence-electron chi connectivity index (χ4n) is 1.46. The lowest BCUT2D eigenvalue weighted by molar-refractivity contribution is -0.122. The van der Waals surface area contributed by atoms with Gasteiger partial charge in [-0.2, -0.15) is 5.10 Å². The number of hydrogen-bond donors (Lipinski definition) is 3. The molecular weight excluding hydrogens is 248 g/mol. The fraction of sp³-hybridized carbons (Fsp3) is 0.0833. The van der Waals surface area contributed by atoms with E-state index >= 15 is 0 Å². The van der Waals surface area contributed by atoms with E-state index in [2.05, 4.69) is 10.4 Å². The Kier molecular flexibility index (Phi) is 5.09. The molecule has 19 heavy (non-hydrogen) atoms. The van der Waals surface area contributed by atoms with Crippen LogP contribution in [0, 0.1) is 0 Å². The summed E-state index contributed by atoms with van der Waals surface area (Å²) in [6.07, 6.45) is 3.72. The van der Waals surface area contributed by atoms with Gasteiger partial charge in [0, 0.05) is 24.5 Å². The largest absolute Gasteiger partial charge is 0.483 e. The third-order valence-electron chi connectivity index (χ3n) is 2.19. The highest BCUT2D eigenvalue weighted by atomic mass is 16.3. The van der Waals surface area contributed by atoms with Gasteiger partial charge in [-0.1, -0.05) is 12.1 Å². The second kappa shape index (κ2) is 6.80. The van der Waals surface area contributed by atoms with Gasteiger partial charge < -0.3 is 16.2 Å². The van der Waals surface area contributed by atoms with Gasteiger partial charge in [0.1, 0.15) is 0 Å². The summed E-state index contributed by atoms with van der Waals surface area (Å²) in [6.45, 7) is -0.250. The Labute approximate surface area is 109 Å². The summed E-state index contributed by atoms with van der Waals surface area (Å²) in [7, 11) is 1.87. The van der Waals surface area contributed by atoms with Gasteiger partial charge in [-0.25, -0.2) is 4.79 Å². The molecule has 0 unspecified atom stereocenters. The van der Waals surface area contributed by atoms with Crippen molar-refractivity contribution in [3.8, 4) is 11.1 Å². The average molecular weight is 262 g/mol. The minimum absolute atomic E-state index is 0.250. The molecule has 7 nitrogen and oxygen atoms in total. The normalized spacial score (nSPS) is 9.11. The molecule has 0 radical (unpaired) electrons. The second-order valence-electron chi connectivity index (χ2n) is 3.57. The molecule has 2 rings (SSSR count). The molecule has 0 aliphatic heterocycles. The summed E-state index contributed by atoms with van der Waals surface area (Å²) in [4.78, 5) is 19.0. The zero-order valence-electron chi connectivity index (χ0n) is 10.3. The lowest BCUT2D eigenvalue weighted by Crippen LogP contribution is -2.19. The first-order chi connectivity index (χ1) is 9.06. The van der Waals surface area contributed by atoms with Crippen LogP contribution in [0.5, 0.6) is 0 Å². The van der Waals surface area contributed by atoms with E-state index in [9.17, 15) is 4.79 Å². The lowest BCUT2D eigenvalue weighted by Gasteiger charge is -2.02. The molecule has 1 aromatic carbocycles. The molecule has 0 saturated heterocycles. The van der Waals surface area contributed by atoms with Crippen LogP contribution in [0.15, 0.2) is 36.7 Å². The monoisotopic (exact) mass is 262 g/mol. The van der Waals surface area contributed by atoms with Gasteiger partial charge in [0.2, 0.25) is 0 Å². The Hall–Kier alpha value is -2.83. The summed E-state index contributed by atoms with van der Waals surface area (Å²) in [5.41, 5.74) is 7.77. The first kappa shape index (κ1) is 14.2. The van der Waals surface area contributed by atoms with Gasteiger partial charge >= 0.3 is 6.03 Å². The van der Waals surface area contributed by atoms with Crippen LogP contribution in [-0.4, -0.2) is 27.4 Å². The highest BCUT2D eigenvalue weighted by molar-refractivity contribution is 5.88. The van der Waals surface area contributed by atoms with Crippen molar-refractivity contribution in [1.29, 1.82) is 0 Å². The number of nitrogens with zero attached hydrogens (tertiary/aromatic N) is 2. The zero-order chi connectivity index (χ0) is 14.3. The van der Waals surface area contributed by atoms with Crippen LogP contribution in [-0.2, 0) is 11.8 Å². The molecule has 0 bridgehead atoms. The summed E-state index contributed by atoms with van der Waals surface area (Å²) in [5.74, 6) is 0. The van der Waals surface area contributed by atoms with Gasteiger partial charge in [-0.05, 0) is 17.7 Å². The number of nitrogens with one attached hydrogen (secondary N) is 1. The number of carbonyl (C=O) groups is 2. The van der Waals surface area contributed by atoms with Gasteiger partial charge in [0.25, 0.3) is 6.47 Å². The van der Waals surface area contributed by atoms with E-state index in [0.717, 1.165) is 11.1 Å². The van der Waals surface area contributed by atoms with E-state index in [1.807, 2.05) is 25.4 Å². The first-order valence-electron chi connectivity index (χ1n) is 5.30. The van der Waals surface area contributed by atoms with Crippen molar-refractivity contribution in [3.05, 3.63) is 36.7 Å². The predicted octanol–water partition coefficient (Wildman–Crippen LogP) is 1.28. The van der Waals surface area contributed by atoms with Gasteiger partial charge in [-0.3, -0.25) is 9.48 Å². The number of aryl methyl sites for hydroxylation is 1. The number of anilines is 1. The number of benzene rings is 1. The summed E-state index contributed by atoms with van der Waals surface area (Å²) in [5, 5.41) is 13.5. The average Bonchev–Trinajstić information content (AvgIpc) is 2.77. The molecule has 2 amide bonds. The van der Waals surface area contributed by atoms with E-state index in [4.69, 9.17) is 15.6 Å². The molecule has 2 aromatic rings. The van der Waals surface area contributed by atoms with Crippen molar-refractivity contribution in [2.75, 3.05) is 5.32 Å². The molecule has 0 aliphatic rings. The van der Waals surface area contributed by atoms with Crippen LogP contribution in [0.25, 0.3) is 11.1 Å². The molecule has 100 valence electrons. The number of primary amides is 1. The Morgan fingerprint density at radius 2 is 1.95 bits per heavy atom. The van der Waals surface area contributed by atoms with Gasteiger partial charge in [0.05, 0.1) is 6.20 Å². The van der Waals surface area contributed by atoms with Crippen LogP contribution in [0.4, 0.5) is 10.5 Å². The maximum atomic E-state index is 10.6. The Bertz CT molecular complexity index is 548. The van der Waals surface area contributed by atoms with E-state index in [1.165, 1.54) is 0 Å². The third-order valence-corrected chi connectivity index (χ3v) is 2.19. The fourth-order valence-corrected chi connectivity index (χ4v) is 1.46. The smallest absolute Gasteiger partial charge is 0.316 e. The number of carbonyl (C=O) groups excluding carboxylic acids is 1. The number of urea groups is 1. The number of amides is 2. The van der Waals surface area contributed by atoms with Crippen molar-refractivity contribution >= 4 is 18.2 Å². The standard InChI is InChI=1S/C11H12N4O.CH2O2/c1-15-7-9(6-13-15)8-2-4-10(5-3-8)14-11(12)16;2-1-3/h2-7H,1H3,(H3,12,14,16);1H,(H,2,3). The molecule has 1 aromatic heterocycles. The molecule has 7 heteroatoms. The summed E-state index contributed by atoms with van der Waals surface area (Å²) in [6, 6.07) is 6.85. The number of aromatic nitrogens is 2. The SMILES string of the molecule is Cn1cc(-c2ccc(NC(N)=O)cc2)cn1.O=CO. The molecule has 0 aliphatic carbocycles. The molecule has 0 saturated carbocycles. The van der Waals surface area contributed by atoms with Crippen molar-refractivity contribution in [3.63, 3.8) is 0 Å². The molecule has 0 atom stereocenters. The maximum Gasteiger partial charge on any atom is 0.316 e. The molecular formula is C12H14N4O3. The minimum atomic E-state index is -0.561. The number of rotatable bonds is 2. The Morgan fingerprint density at radius 1 is 1.37 bits per heavy atom. The van der Waals surface area contributed by atoms with Crippen LogP contribution in [0.1, 0.15) is 0 Å². The van der Waals surface area contributed by atoms with E-state index in [0.29, 0.717) is 5.69 Å². The first-order valence-corrected chi connectivity index (χ1v) is 5.30. The van der Waals surface area contributed by atoms with Crippen LogP contribution >= 0.6 is 0 Å². The van der Waals surface area contributed by atoms with Crippen LogP contribution < -0.4 is 11.1 Å². The third kappa shape index (κ3) is 4.50. The topological polar surface area (TPSA) is 110 Å². The number of hydrogen-bond acceptors (Lipinski definition) is 3. The zero-order valence-corrected chi connectivity index (χ0v) is 10.3. The molecule has 1 heterocycles. The predicted molar refractivity (Wildman–Crippen MR) is 70.5 cm³/mol. The number of carboxylic acid groups (broad SMARTS) is 1. The molecule has 0 fully saturated rings. The minimum Gasteiger partial charge on any atom is -0.483 e. The van der Waals surface area contributed by atoms with Crippen molar-refractivity contribution in [2.45, 2.75) is 0 Å². The Balaban J connectivity index is 0.000000550. The van der Waals surface area contributed by atoms with Crippen LogP contribution in [0.2, 0.25) is 0 Å². The van der Waals surface area contributed by atoms with Gasteiger partial charge in [-0.15, -0.1) is 0 Å². The lowest BCUT2D eigenvalue weighted by atomic mass is 10.1. The van der Waals surface area contributed by atoms with Gasteiger partial charge in [0.15, 0.2) is 0 Å².